The Labute approximate surface area is 130 Å². The molecule has 1 unspecified atom stereocenters. The SMILES string of the molecule is O=C(NC(Cc1cnc[nH]1)C(=O)O)c1ccc(Cl)cc1Cl. The van der Waals surface area contributed by atoms with Gasteiger partial charge in [-0.2, -0.15) is 0 Å². The van der Waals surface area contributed by atoms with Gasteiger partial charge in [-0.1, -0.05) is 23.2 Å². The van der Waals surface area contributed by atoms with E-state index in [-0.39, 0.29) is 17.0 Å². The van der Waals surface area contributed by atoms with Gasteiger partial charge in [0.25, 0.3) is 5.91 Å². The van der Waals surface area contributed by atoms with Crippen molar-refractivity contribution < 1.29 is 14.7 Å². The highest BCUT2D eigenvalue weighted by Crippen LogP contribution is 2.21. The van der Waals surface area contributed by atoms with Crippen molar-refractivity contribution in [2.75, 3.05) is 0 Å². The summed E-state index contributed by atoms with van der Waals surface area (Å²) in [5, 5.41) is 12.1. The Hall–Kier alpha value is -2.05. The number of imidazole rings is 1. The Balaban J connectivity index is 2.12. The average Bonchev–Trinajstić information content (AvgIpc) is 2.90. The highest BCUT2D eigenvalue weighted by Gasteiger charge is 2.22. The first-order valence-electron chi connectivity index (χ1n) is 5.93. The number of carbonyl (C=O) groups excluding carboxylic acids is 1. The van der Waals surface area contributed by atoms with Gasteiger partial charge in [0.1, 0.15) is 6.04 Å². The van der Waals surface area contributed by atoms with Crippen LogP contribution in [-0.2, 0) is 11.2 Å². The second-order valence-electron chi connectivity index (χ2n) is 4.27. The van der Waals surface area contributed by atoms with E-state index in [0.717, 1.165) is 0 Å². The maximum Gasteiger partial charge on any atom is 0.326 e. The molecule has 0 fully saturated rings. The maximum absolute atomic E-state index is 12.1. The first-order valence-corrected chi connectivity index (χ1v) is 6.69. The summed E-state index contributed by atoms with van der Waals surface area (Å²) in [5.41, 5.74) is 0.766. The van der Waals surface area contributed by atoms with E-state index >= 15 is 0 Å². The number of carboxylic acids is 1. The minimum absolute atomic E-state index is 0.0896. The molecule has 0 aliphatic heterocycles. The van der Waals surface area contributed by atoms with E-state index in [1.807, 2.05) is 0 Å². The molecule has 1 heterocycles. The highest BCUT2D eigenvalue weighted by atomic mass is 35.5. The van der Waals surface area contributed by atoms with Crippen molar-refractivity contribution in [2.24, 2.45) is 0 Å². The molecule has 1 aromatic heterocycles. The minimum Gasteiger partial charge on any atom is -0.480 e. The van der Waals surface area contributed by atoms with Gasteiger partial charge in [-0.3, -0.25) is 4.79 Å². The number of carbonyl (C=O) groups is 2. The third-order valence-electron chi connectivity index (χ3n) is 2.76. The lowest BCUT2D eigenvalue weighted by atomic mass is 10.1. The van der Waals surface area contributed by atoms with E-state index in [2.05, 4.69) is 15.3 Å². The summed E-state index contributed by atoms with van der Waals surface area (Å²) in [4.78, 5) is 29.9. The van der Waals surface area contributed by atoms with Gasteiger partial charge < -0.3 is 15.4 Å². The molecule has 0 aliphatic carbocycles. The number of nitrogens with one attached hydrogen (secondary N) is 2. The van der Waals surface area contributed by atoms with Crippen LogP contribution in [0.3, 0.4) is 0 Å². The molecule has 3 N–H and O–H groups in total. The highest BCUT2D eigenvalue weighted by molar-refractivity contribution is 6.36. The molecule has 0 bridgehead atoms. The lowest BCUT2D eigenvalue weighted by Gasteiger charge is -2.14. The number of hydrogen-bond acceptors (Lipinski definition) is 3. The van der Waals surface area contributed by atoms with Gasteiger partial charge in [-0.15, -0.1) is 0 Å². The smallest absolute Gasteiger partial charge is 0.326 e. The van der Waals surface area contributed by atoms with Gasteiger partial charge in [0.15, 0.2) is 0 Å². The number of nitrogens with zero attached hydrogens (tertiary/aromatic N) is 1. The molecule has 6 nitrogen and oxygen atoms in total. The van der Waals surface area contributed by atoms with Crippen LogP contribution in [0.1, 0.15) is 16.1 Å². The Morgan fingerprint density at radius 3 is 2.71 bits per heavy atom. The molecule has 2 aromatic rings. The Morgan fingerprint density at radius 1 is 1.38 bits per heavy atom. The standard InChI is InChI=1S/C13H11Cl2N3O3/c14-7-1-2-9(10(15)3-7)12(19)18-11(13(20)21)4-8-5-16-6-17-8/h1-3,5-6,11H,4H2,(H,16,17)(H,18,19)(H,20,21). The normalized spacial score (nSPS) is 11.9. The van der Waals surface area contributed by atoms with Crippen LogP contribution in [0.2, 0.25) is 10.0 Å². The topological polar surface area (TPSA) is 95.1 Å². The summed E-state index contributed by atoms with van der Waals surface area (Å²) in [5.74, 6) is -1.73. The van der Waals surface area contributed by atoms with E-state index in [1.54, 1.807) is 0 Å². The molecule has 0 saturated heterocycles. The predicted molar refractivity (Wildman–Crippen MR) is 77.6 cm³/mol. The summed E-state index contributed by atoms with van der Waals surface area (Å²) >= 11 is 11.7. The van der Waals surface area contributed by atoms with Crippen LogP contribution in [0.5, 0.6) is 0 Å². The predicted octanol–water partition coefficient (Wildman–Crippen LogP) is 2.14. The van der Waals surface area contributed by atoms with Crippen molar-refractivity contribution in [3.8, 4) is 0 Å². The van der Waals surface area contributed by atoms with Gasteiger partial charge in [0.05, 0.1) is 16.9 Å². The number of H-pyrrole nitrogens is 1. The number of rotatable bonds is 5. The van der Waals surface area contributed by atoms with Crippen molar-refractivity contribution in [3.05, 3.63) is 52.0 Å². The number of aromatic nitrogens is 2. The maximum atomic E-state index is 12.1. The molecular formula is C13H11Cl2N3O3. The molecule has 0 radical (unpaired) electrons. The van der Waals surface area contributed by atoms with Crippen LogP contribution in [-0.4, -0.2) is 33.0 Å². The monoisotopic (exact) mass is 327 g/mol. The van der Waals surface area contributed by atoms with Crippen molar-refractivity contribution in [2.45, 2.75) is 12.5 Å². The van der Waals surface area contributed by atoms with Crippen LogP contribution in [0.25, 0.3) is 0 Å². The quantitative estimate of drug-likeness (QED) is 0.784. The largest absolute Gasteiger partial charge is 0.480 e. The lowest BCUT2D eigenvalue weighted by Crippen LogP contribution is -2.42. The Morgan fingerprint density at radius 2 is 2.14 bits per heavy atom. The fourth-order valence-corrected chi connectivity index (χ4v) is 2.22. The van der Waals surface area contributed by atoms with Gasteiger partial charge in [0, 0.05) is 23.3 Å². The fraction of sp³-hybridized carbons (Fsp3) is 0.154. The van der Waals surface area contributed by atoms with Gasteiger partial charge in [-0.25, -0.2) is 9.78 Å². The van der Waals surface area contributed by atoms with E-state index in [1.165, 1.54) is 30.7 Å². The third-order valence-corrected chi connectivity index (χ3v) is 3.31. The molecule has 21 heavy (non-hydrogen) atoms. The first-order chi connectivity index (χ1) is 9.97. The number of benzene rings is 1. The summed E-state index contributed by atoms with van der Waals surface area (Å²) < 4.78 is 0. The molecule has 0 saturated carbocycles. The summed E-state index contributed by atoms with van der Waals surface area (Å²) in [6.07, 6.45) is 3.02. The van der Waals surface area contributed by atoms with E-state index in [9.17, 15) is 14.7 Å². The zero-order chi connectivity index (χ0) is 15.4. The molecule has 8 heteroatoms. The van der Waals surface area contributed by atoms with Gasteiger partial charge in [-0.05, 0) is 18.2 Å². The summed E-state index contributed by atoms with van der Waals surface area (Å²) in [7, 11) is 0. The zero-order valence-corrected chi connectivity index (χ0v) is 12.1. The second kappa shape index (κ2) is 6.60. The first kappa shape index (κ1) is 15.3. The third kappa shape index (κ3) is 3.96. The van der Waals surface area contributed by atoms with E-state index in [0.29, 0.717) is 10.7 Å². The molecular weight excluding hydrogens is 317 g/mol. The van der Waals surface area contributed by atoms with Crippen molar-refractivity contribution in [1.29, 1.82) is 0 Å². The molecule has 1 atom stereocenters. The van der Waals surface area contributed by atoms with Crippen LogP contribution in [0.15, 0.2) is 30.7 Å². The molecule has 2 rings (SSSR count). The molecule has 1 amide bonds. The molecule has 110 valence electrons. The van der Waals surface area contributed by atoms with Crippen LogP contribution < -0.4 is 5.32 Å². The second-order valence-corrected chi connectivity index (χ2v) is 5.11. The lowest BCUT2D eigenvalue weighted by molar-refractivity contribution is -0.139. The van der Waals surface area contributed by atoms with Gasteiger partial charge in [0.2, 0.25) is 0 Å². The van der Waals surface area contributed by atoms with Crippen LogP contribution >= 0.6 is 23.2 Å². The number of halogens is 2. The molecule has 0 aliphatic rings. The summed E-state index contributed by atoms with van der Waals surface area (Å²) in [6.45, 7) is 0. The molecule has 0 spiro atoms. The molecule has 1 aromatic carbocycles. The van der Waals surface area contributed by atoms with E-state index in [4.69, 9.17) is 23.2 Å². The van der Waals surface area contributed by atoms with Crippen LogP contribution in [0.4, 0.5) is 0 Å². The van der Waals surface area contributed by atoms with Crippen molar-refractivity contribution in [1.82, 2.24) is 15.3 Å². The van der Waals surface area contributed by atoms with Crippen molar-refractivity contribution in [3.63, 3.8) is 0 Å². The van der Waals surface area contributed by atoms with Crippen LogP contribution in [0, 0.1) is 0 Å². The number of aromatic amines is 1. The van der Waals surface area contributed by atoms with Crippen molar-refractivity contribution >= 4 is 35.1 Å². The summed E-state index contributed by atoms with van der Waals surface area (Å²) in [6, 6.07) is 3.27. The van der Waals surface area contributed by atoms with E-state index < -0.39 is 17.9 Å². The Kier molecular flexibility index (Phi) is 4.82. The fourth-order valence-electron chi connectivity index (χ4n) is 1.73. The zero-order valence-electron chi connectivity index (χ0n) is 10.6. The number of hydrogen-bond donors (Lipinski definition) is 3. The Bertz CT molecular complexity index is 659. The minimum atomic E-state index is -1.15. The van der Waals surface area contributed by atoms with Gasteiger partial charge >= 0.3 is 5.97 Å². The number of aliphatic carboxylic acids is 1. The number of amides is 1. The number of carboxylic acid groups (broad SMARTS) is 1. The average molecular weight is 328 g/mol.